The predicted molar refractivity (Wildman–Crippen MR) is 77.7 cm³/mol. The number of carbonyl (C=O) groups excluding carboxylic acids is 1. The zero-order valence-corrected chi connectivity index (χ0v) is 12.5. The number of carboxylic acid groups (broad SMARTS) is 1. The number of hydrogen-bond acceptors (Lipinski definition) is 3. The summed E-state index contributed by atoms with van der Waals surface area (Å²) in [5.41, 5.74) is 0.813. The van der Waals surface area contributed by atoms with E-state index in [1.54, 1.807) is 19.2 Å². The normalized spacial score (nSPS) is 13.6. The van der Waals surface area contributed by atoms with E-state index in [0.29, 0.717) is 18.7 Å². The number of rotatable bonds is 6. The summed E-state index contributed by atoms with van der Waals surface area (Å²) < 4.78 is 11.1. The van der Waals surface area contributed by atoms with Crippen LogP contribution in [-0.2, 0) is 10.8 Å². The average molecular weight is 301 g/mol. The van der Waals surface area contributed by atoms with E-state index in [-0.39, 0.29) is 16.6 Å². The first-order chi connectivity index (χ1) is 9.31. The number of carboxylic acids is 1. The Morgan fingerprint density at radius 2 is 2.15 bits per heavy atom. The van der Waals surface area contributed by atoms with E-state index in [1.165, 1.54) is 0 Å². The first-order valence-electron chi connectivity index (χ1n) is 6.11. The molecule has 4 N–H and O–H groups in total. The maximum Gasteiger partial charge on any atom is 0.354 e. The average Bonchev–Trinajstić information content (AvgIpc) is 2.69. The quantitative estimate of drug-likeness (QED) is 0.634. The molecule has 0 radical (unpaired) electrons. The van der Waals surface area contributed by atoms with Gasteiger partial charge < -0.3 is 20.7 Å². The van der Waals surface area contributed by atoms with Gasteiger partial charge in [0, 0.05) is 34.5 Å². The van der Waals surface area contributed by atoms with Crippen molar-refractivity contribution in [3.63, 3.8) is 0 Å². The van der Waals surface area contributed by atoms with Gasteiger partial charge in [-0.05, 0) is 19.4 Å². The fourth-order valence-electron chi connectivity index (χ4n) is 1.58. The zero-order valence-electron chi connectivity index (χ0n) is 11.6. The van der Waals surface area contributed by atoms with Crippen LogP contribution in [0.4, 0.5) is 10.5 Å². The van der Waals surface area contributed by atoms with Crippen LogP contribution in [0.25, 0.3) is 0 Å². The second kappa shape index (κ2) is 7.09. The predicted octanol–water partition coefficient (Wildman–Crippen LogP) is 1.30. The monoisotopic (exact) mass is 301 g/mol. The van der Waals surface area contributed by atoms with Crippen LogP contribution in [0.5, 0.6) is 0 Å². The molecule has 0 aliphatic carbocycles. The van der Waals surface area contributed by atoms with Crippen molar-refractivity contribution < 1.29 is 18.9 Å². The summed E-state index contributed by atoms with van der Waals surface area (Å²) in [4.78, 5) is 25.3. The number of amides is 2. The summed E-state index contributed by atoms with van der Waals surface area (Å²) in [5.74, 6) is -1.14. The lowest BCUT2D eigenvalue weighted by atomic mass is 10.3. The van der Waals surface area contributed by atoms with E-state index in [2.05, 4.69) is 15.6 Å². The summed E-state index contributed by atoms with van der Waals surface area (Å²) >= 11 is 0. The molecule has 2 unspecified atom stereocenters. The highest BCUT2D eigenvalue weighted by atomic mass is 32.2. The number of anilines is 1. The van der Waals surface area contributed by atoms with Crippen LogP contribution in [0, 0.1) is 6.92 Å². The third kappa shape index (κ3) is 4.69. The van der Waals surface area contributed by atoms with Crippen LogP contribution in [0.1, 0.15) is 29.5 Å². The molecule has 0 aliphatic rings. The standard InChI is InChI=1S/C12H19N3O4S/c1-7-6-9(10(14-7)11(16)17)15-12(18)13-5-4-8(2)20(3)19/h6,8,14H,4-5H2,1-3H3,(H,16,17)(H2,13,15,18). The summed E-state index contributed by atoms with van der Waals surface area (Å²) in [5, 5.41) is 14.0. The van der Waals surface area contributed by atoms with E-state index in [0.717, 1.165) is 0 Å². The van der Waals surface area contributed by atoms with Crippen LogP contribution in [-0.4, -0.2) is 44.4 Å². The Hall–Kier alpha value is -1.83. The smallest absolute Gasteiger partial charge is 0.354 e. The number of aryl methyl sites for hydroxylation is 1. The molecule has 0 aliphatic heterocycles. The number of hydrogen-bond donors (Lipinski definition) is 4. The van der Waals surface area contributed by atoms with Crippen LogP contribution >= 0.6 is 0 Å². The second-order valence-electron chi connectivity index (χ2n) is 4.52. The van der Waals surface area contributed by atoms with Crippen LogP contribution in [0.15, 0.2) is 6.07 Å². The van der Waals surface area contributed by atoms with Crippen molar-refractivity contribution in [2.75, 3.05) is 18.1 Å². The first kappa shape index (κ1) is 16.2. The minimum Gasteiger partial charge on any atom is -0.477 e. The van der Waals surface area contributed by atoms with Gasteiger partial charge in [0.25, 0.3) is 0 Å². The maximum atomic E-state index is 11.6. The Kier molecular flexibility index (Phi) is 5.75. The molecule has 1 rings (SSSR count). The largest absolute Gasteiger partial charge is 0.477 e. The van der Waals surface area contributed by atoms with Crippen molar-refractivity contribution in [2.45, 2.75) is 25.5 Å². The molecule has 2 amide bonds. The number of nitrogens with one attached hydrogen (secondary N) is 3. The lowest BCUT2D eigenvalue weighted by Crippen LogP contribution is -2.31. The Morgan fingerprint density at radius 3 is 2.70 bits per heavy atom. The molecule has 8 heteroatoms. The number of urea groups is 1. The lowest BCUT2D eigenvalue weighted by molar-refractivity contribution is 0.0692. The molecule has 0 saturated heterocycles. The Balaban J connectivity index is 2.51. The minimum absolute atomic E-state index is 0.000571. The minimum atomic E-state index is -1.14. The summed E-state index contributed by atoms with van der Waals surface area (Å²) in [6.45, 7) is 3.92. The first-order valence-corrected chi connectivity index (χ1v) is 7.73. The van der Waals surface area contributed by atoms with Gasteiger partial charge >= 0.3 is 12.0 Å². The van der Waals surface area contributed by atoms with Gasteiger partial charge in [-0.15, -0.1) is 0 Å². The van der Waals surface area contributed by atoms with Gasteiger partial charge in [-0.1, -0.05) is 6.92 Å². The van der Waals surface area contributed by atoms with E-state index >= 15 is 0 Å². The molecule has 0 aromatic carbocycles. The molecule has 0 bridgehead atoms. The summed E-state index contributed by atoms with van der Waals surface area (Å²) in [6, 6.07) is 1.06. The van der Waals surface area contributed by atoms with Crippen molar-refractivity contribution in [1.82, 2.24) is 10.3 Å². The molecule has 0 fully saturated rings. The van der Waals surface area contributed by atoms with Crippen LogP contribution in [0.3, 0.4) is 0 Å². The fourth-order valence-corrected chi connectivity index (χ4v) is 2.03. The van der Waals surface area contributed by atoms with Crippen molar-refractivity contribution in [3.8, 4) is 0 Å². The highest BCUT2D eigenvalue weighted by Gasteiger charge is 2.15. The van der Waals surface area contributed by atoms with Gasteiger partial charge in [0.05, 0.1) is 5.69 Å². The molecular weight excluding hydrogens is 282 g/mol. The van der Waals surface area contributed by atoms with Crippen LogP contribution in [0.2, 0.25) is 0 Å². The molecule has 0 saturated carbocycles. The second-order valence-corrected chi connectivity index (χ2v) is 6.33. The molecule has 1 aromatic rings. The molecule has 1 aromatic heterocycles. The molecular formula is C12H19N3O4S. The Labute approximate surface area is 119 Å². The zero-order chi connectivity index (χ0) is 15.3. The molecule has 112 valence electrons. The number of aromatic amines is 1. The summed E-state index contributed by atoms with van der Waals surface area (Å²) in [6.07, 6.45) is 2.21. The third-order valence-corrected chi connectivity index (χ3v) is 4.19. The number of aromatic carboxylic acids is 1. The molecule has 7 nitrogen and oxygen atoms in total. The van der Waals surface area contributed by atoms with Gasteiger partial charge in [0.15, 0.2) is 0 Å². The Morgan fingerprint density at radius 1 is 1.50 bits per heavy atom. The number of aromatic nitrogens is 1. The summed E-state index contributed by atoms with van der Waals surface area (Å²) in [7, 11) is -0.924. The fraction of sp³-hybridized carbons (Fsp3) is 0.500. The van der Waals surface area contributed by atoms with E-state index in [9.17, 15) is 13.8 Å². The van der Waals surface area contributed by atoms with Gasteiger partial charge in [-0.3, -0.25) is 4.21 Å². The highest BCUT2D eigenvalue weighted by molar-refractivity contribution is 7.84. The number of carbonyl (C=O) groups is 2. The number of H-pyrrole nitrogens is 1. The van der Waals surface area contributed by atoms with Gasteiger partial charge in [-0.2, -0.15) is 0 Å². The molecule has 1 heterocycles. The molecule has 20 heavy (non-hydrogen) atoms. The third-order valence-electron chi connectivity index (χ3n) is 2.82. The van der Waals surface area contributed by atoms with Crippen molar-refractivity contribution >= 4 is 28.5 Å². The van der Waals surface area contributed by atoms with E-state index in [4.69, 9.17) is 5.11 Å². The molecule has 2 atom stereocenters. The van der Waals surface area contributed by atoms with Gasteiger partial charge in [-0.25, -0.2) is 9.59 Å². The van der Waals surface area contributed by atoms with Gasteiger partial charge in [0.2, 0.25) is 0 Å². The van der Waals surface area contributed by atoms with Crippen LogP contribution < -0.4 is 10.6 Å². The van der Waals surface area contributed by atoms with Crippen molar-refractivity contribution in [2.24, 2.45) is 0 Å². The van der Waals surface area contributed by atoms with Gasteiger partial charge in [0.1, 0.15) is 5.69 Å². The maximum absolute atomic E-state index is 11.6. The topological polar surface area (TPSA) is 111 Å². The SMILES string of the molecule is Cc1cc(NC(=O)NCCC(C)S(C)=O)c(C(=O)O)[nH]1. The lowest BCUT2D eigenvalue weighted by Gasteiger charge is -2.10. The highest BCUT2D eigenvalue weighted by Crippen LogP contribution is 2.16. The van der Waals surface area contributed by atoms with Crippen molar-refractivity contribution in [1.29, 1.82) is 0 Å². The van der Waals surface area contributed by atoms with E-state index in [1.807, 2.05) is 6.92 Å². The molecule has 0 spiro atoms. The Bertz CT molecular complexity index is 527. The van der Waals surface area contributed by atoms with Crippen molar-refractivity contribution in [3.05, 3.63) is 17.5 Å². The van der Waals surface area contributed by atoms with E-state index < -0.39 is 22.8 Å².